The molecule has 3 aromatic carbocycles. The maximum absolute atomic E-state index is 14.1. The number of anilines is 1. The molecule has 1 atom stereocenters. The minimum Gasteiger partial charge on any atom is -0.352 e. The SMILES string of the molecule is CCc1ccccc1N(CC(=O)N(Cc1ccc(Cl)cc1Cl)C(CC)C(=O)NC(C)C)S(=O)(=O)c1ccccc1. The Balaban J connectivity index is 2.11. The molecule has 0 aliphatic heterocycles. The van der Waals surface area contributed by atoms with Crippen molar-refractivity contribution in [3.05, 3.63) is 94.0 Å². The van der Waals surface area contributed by atoms with Crippen molar-refractivity contribution in [3.63, 3.8) is 0 Å². The Bertz CT molecular complexity index is 1430. The van der Waals surface area contributed by atoms with Gasteiger partial charge < -0.3 is 10.2 Å². The lowest BCUT2D eigenvalue weighted by Crippen LogP contribution is -2.53. The second-order valence-electron chi connectivity index (χ2n) is 9.65. The summed E-state index contributed by atoms with van der Waals surface area (Å²) in [5.74, 6) is -0.871. The molecule has 0 radical (unpaired) electrons. The van der Waals surface area contributed by atoms with Gasteiger partial charge in [-0.3, -0.25) is 13.9 Å². The van der Waals surface area contributed by atoms with Crippen molar-refractivity contribution in [2.24, 2.45) is 0 Å². The van der Waals surface area contributed by atoms with Gasteiger partial charge in [-0.05, 0) is 68.1 Å². The number of sulfonamides is 1. The van der Waals surface area contributed by atoms with Crippen molar-refractivity contribution >= 4 is 50.7 Å². The van der Waals surface area contributed by atoms with Crippen molar-refractivity contribution in [1.82, 2.24) is 10.2 Å². The van der Waals surface area contributed by atoms with Gasteiger partial charge in [0.15, 0.2) is 0 Å². The molecule has 7 nitrogen and oxygen atoms in total. The number of carbonyl (C=O) groups is 2. The second-order valence-corrected chi connectivity index (χ2v) is 12.4. The maximum atomic E-state index is 14.1. The van der Waals surface area contributed by atoms with Gasteiger partial charge in [0, 0.05) is 22.6 Å². The first-order chi connectivity index (χ1) is 19.0. The van der Waals surface area contributed by atoms with Gasteiger partial charge >= 0.3 is 0 Å². The van der Waals surface area contributed by atoms with Crippen LogP contribution in [0.3, 0.4) is 0 Å². The summed E-state index contributed by atoms with van der Waals surface area (Å²) in [6, 6.07) is 19.0. The first-order valence-electron chi connectivity index (χ1n) is 13.2. The van der Waals surface area contributed by atoms with Crippen LogP contribution in [-0.2, 0) is 32.6 Å². The molecule has 0 saturated carbocycles. The molecule has 0 spiro atoms. The van der Waals surface area contributed by atoms with Gasteiger partial charge in [0.1, 0.15) is 12.6 Å². The molecule has 0 fully saturated rings. The highest BCUT2D eigenvalue weighted by Crippen LogP contribution is 2.29. The van der Waals surface area contributed by atoms with Crippen LogP contribution in [0.4, 0.5) is 5.69 Å². The van der Waals surface area contributed by atoms with E-state index in [1.54, 1.807) is 55.5 Å². The number of para-hydroxylation sites is 1. The molecule has 1 N–H and O–H groups in total. The molecule has 0 bridgehead atoms. The zero-order valence-corrected chi connectivity index (χ0v) is 25.4. The third-order valence-electron chi connectivity index (χ3n) is 6.42. The zero-order chi connectivity index (χ0) is 29.4. The fourth-order valence-corrected chi connectivity index (χ4v) is 6.36. The molecular weight excluding hydrogens is 569 g/mol. The quantitative estimate of drug-likeness (QED) is 0.272. The number of carbonyl (C=O) groups excluding carboxylic acids is 2. The predicted molar refractivity (Wildman–Crippen MR) is 161 cm³/mol. The van der Waals surface area contributed by atoms with Gasteiger partial charge in [-0.15, -0.1) is 0 Å². The monoisotopic (exact) mass is 603 g/mol. The molecular formula is C30H35Cl2N3O4S. The third-order valence-corrected chi connectivity index (χ3v) is 8.78. The second kappa shape index (κ2) is 14.0. The van der Waals surface area contributed by atoms with Crippen LogP contribution in [0.1, 0.15) is 45.2 Å². The van der Waals surface area contributed by atoms with Crippen LogP contribution in [0.5, 0.6) is 0 Å². The van der Waals surface area contributed by atoms with Gasteiger partial charge in [-0.25, -0.2) is 8.42 Å². The van der Waals surface area contributed by atoms with Crippen LogP contribution in [0.2, 0.25) is 10.0 Å². The van der Waals surface area contributed by atoms with E-state index in [0.29, 0.717) is 34.1 Å². The lowest BCUT2D eigenvalue weighted by molar-refractivity contribution is -0.140. The van der Waals surface area contributed by atoms with Crippen molar-refractivity contribution in [2.75, 3.05) is 10.8 Å². The summed E-state index contributed by atoms with van der Waals surface area (Å²) >= 11 is 12.5. The number of hydrogen-bond acceptors (Lipinski definition) is 4. The fourth-order valence-electron chi connectivity index (χ4n) is 4.42. The first-order valence-corrected chi connectivity index (χ1v) is 15.4. The summed E-state index contributed by atoms with van der Waals surface area (Å²) < 4.78 is 29.1. The molecule has 0 saturated heterocycles. The third kappa shape index (κ3) is 7.56. The highest BCUT2D eigenvalue weighted by Gasteiger charge is 2.34. The number of aryl methyl sites for hydroxylation is 1. The summed E-state index contributed by atoms with van der Waals surface area (Å²) in [5, 5.41) is 3.66. The Morgan fingerprint density at radius 1 is 0.900 bits per heavy atom. The van der Waals surface area contributed by atoms with Crippen LogP contribution in [0, 0.1) is 0 Å². The van der Waals surface area contributed by atoms with E-state index in [4.69, 9.17) is 23.2 Å². The molecule has 0 aliphatic rings. The van der Waals surface area contributed by atoms with E-state index in [0.717, 1.165) is 9.87 Å². The largest absolute Gasteiger partial charge is 0.352 e. The van der Waals surface area contributed by atoms with E-state index in [1.165, 1.54) is 17.0 Å². The highest BCUT2D eigenvalue weighted by atomic mass is 35.5. The van der Waals surface area contributed by atoms with Crippen LogP contribution in [0.15, 0.2) is 77.7 Å². The lowest BCUT2D eigenvalue weighted by atomic mass is 10.1. The minimum atomic E-state index is -4.13. The van der Waals surface area contributed by atoms with E-state index < -0.39 is 28.5 Å². The molecule has 40 heavy (non-hydrogen) atoms. The molecule has 10 heteroatoms. The van der Waals surface area contributed by atoms with Crippen molar-refractivity contribution in [3.8, 4) is 0 Å². The summed E-state index contributed by atoms with van der Waals surface area (Å²) in [5.41, 5.74) is 1.76. The summed E-state index contributed by atoms with van der Waals surface area (Å²) in [4.78, 5) is 28.9. The van der Waals surface area contributed by atoms with Crippen molar-refractivity contribution in [2.45, 2.75) is 64.1 Å². The number of benzene rings is 3. The molecule has 0 aliphatic carbocycles. The number of hydrogen-bond donors (Lipinski definition) is 1. The molecule has 2 amide bonds. The maximum Gasteiger partial charge on any atom is 0.264 e. The molecule has 3 aromatic rings. The Hall–Kier alpha value is -3.07. The Kier molecular flexibility index (Phi) is 11.0. The Labute approximate surface area is 247 Å². The van der Waals surface area contributed by atoms with E-state index in [9.17, 15) is 18.0 Å². The zero-order valence-electron chi connectivity index (χ0n) is 23.1. The average Bonchev–Trinajstić information content (AvgIpc) is 2.92. The number of amides is 2. The van der Waals surface area contributed by atoms with Crippen LogP contribution in [-0.4, -0.2) is 43.8 Å². The number of nitrogens with one attached hydrogen (secondary N) is 1. The normalized spacial score (nSPS) is 12.2. The van der Waals surface area contributed by atoms with Crippen LogP contribution >= 0.6 is 23.2 Å². The van der Waals surface area contributed by atoms with Gasteiger partial charge in [-0.2, -0.15) is 0 Å². The molecule has 1 unspecified atom stereocenters. The standard InChI is InChI=1S/C30H35Cl2N3O4S/c1-5-22-12-10-11-15-28(22)35(40(38,39)25-13-8-7-9-14-25)20-29(36)34(27(6-2)30(37)33-21(3)4)19-23-16-17-24(31)18-26(23)32/h7-18,21,27H,5-6,19-20H2,1-4H3,(H,33,37). The number of halogens is 2. The van der Waals surface area contributed by atoms with Gasteiger partial charge in [0.25, 0.3) is 10.0 Å². The van der Waals surface area contributed by atoms with Crippen LogP contribution in [0.25, 0.3) is 0 Å². The topological polar surface area (TPSA) is 86.8 Å². The lowest BCUT2D eigenvalue weighted by Gasteiger charge is -2.34. The highest BCUT2D eigenvalue weighted by molar-refractivity contribution is 7.92. The van der Waals surface area contributed by atoms with Gasteiger partial charge in [0.05, 0.1) is 10.6 Å². The smallest absolute Gasteiger partial charge is 0.264 e. The summed E-state index contributed by atoms with van der Waals surface area (Å²) in [6.45, 7) is 6.88. The average molecular weight is 605 g/mol. The molecule has 214 valence electrons. The minimum absolute atomic E-state index is 0.00644. The van der Waals surface area contributed by atoms with Crippen molar-refractivity contribution in [1.29, 1.82) is 0 Å². The van der Waals surface area contributed by atoms with E-state index >= 15 is 0 Å². The molecule has 0 heterocycles. The van der Waals surface area contributed by atoms with Crippen LogP contribution < -0.4 is 9.62 Å². The Morgan fingerprint density at radius 3 is 2.15 bits per heavy atom. The fraction of sp³-hybridized carbons (Fsp3) is 0.333. The number of rotatable bonds is 12. The summed E-state index contributed by atoms with van der Waals surface area (Å²) in [6.07, 6.45) is 0.871. The molecule has 0 aromatic heterocycles. The first kappa shape index (κ1) is 31.5. The van der Waals surface area contributed by atoms with Crippen molar-refractivity contribution < 1.29 is 18.0 Å². The number of nitrogens with zero attached hydrogens (tertiary/aromatic N) is 2. The van der Waals surface area contributed by atoms with E-state index in [2.05, 4.69) is 5.32 Å². The van der Waals surface area contributed by atoms with E-state index in [-0.39, 0.29) is 23.4 Å². The summed E-state index contributed by atoms with van der Waals surface area (Å²) in [7, 11) is -4.13. The predicted octanol–water partition coefficient (Wildman–Crippen LogP) is 6.08. The molecule has 3 rings (SSSR count). The van der Waals surface area contributed by atoms with E-state index in [1.807, 2.05) is 32.9 Å². The van der Waals surface area contributed by atoms with Gasteiger partial charge in [-0.1, -0.05) is 79.5 Å². The van der Waals surface area contributed by atoms with Gasteiger partial charge in [0.2, 0.25) is 11.8 Å². The Morgan fingerprint density at radius 2 is 1.55 bits per heavy atom.